The minimum absolute atomic E-state index is 0.536. The molecule has 0 saturated carbocycles. The van der Waals surface area contributed by atoms with E-state index in [1.807, 2.05) is 12.1 Å². The summed E-state index contributed by atoms with van der Waals surface area (Å²) in [6, 6.07) is 25.6. The number of halogens is 2. The topological polar surface area (TPSA) is 17.6 Å². The monoisotopic (exact) mass is 516 g/mol. The van der Waals surface area contributed by atoms with E-state index in [9.17, 15) is 0 Å². The highest BCUT2D eigenvalue weighted by atomic mass is 35.5. The summed E-state index contributed by atoms with van der Waals surface area (Å²) in [5, 5.41) is 0. The molecule has 0 aliphatic rings. The lowest BCUT2D eigenvalue weighted by atomic mass is 10.1. The number of imidazole rings is 2. The molecule has 5 rings (SSSR count). The van der Waals surface area contributed by atoms with Gasteiger partial charge in [0.1, 0.15) is 51.0 Å². The molecule has 0 fully saturated rings. The van der Waals surface area contributed by atoms with Crippen LogP contribution in [0.25, 0.3) is 0 Å². The van der Waals surface area contributed by atoms with Crippen molar-refractivity contribution in [3.63, 3.8) is 0 Å². The standard InChI is InChI=1S/C30H30Cl2N4/c31-17-27-5-1-3-7-29(27)21-35-15-13-33(23-35)19-25-9-11-26(12-10-25)20-34-14-16-36(24-34)22-30-8-4-2-6-28(30)18-32/h1-16,23-24H,17-22H2/q+2. The molecule has 0 unspecified atom stereocenters. The Morgan fingerprint density at radius 3 is 1.67 bits per heavy atom. The molecule has 2 aromatic heterocycles. The molecule has 0 spiro atoms. The zero-order chi connectivity index (χ0) is 24.7. The highest BCUT2D eigenvalue weighted by Gasteiger charge is 2.10. The van der Waals surface area contributed by atoms with E-state index < -0.39 is 0 Å². The maximum absolute atomic E-state index is 6.10. The predicted octanol–water partition coefficient (Wildman–Crippen LogP) is 5.54. The third kappa shape index (κ3) is 6.07. The Kier molecular flexibility index (Phi) is 7.85. The van der Waals surface area contributed by atoms with Crippen LogP contribution in [0.1, 0.15) is 33.4 Å². The van der Waals surface area contributed by atoms with Gasteiger partial charge in [-0.15, -0.1) is 23.2 Å². The lowest BCUT2D eigenvalue weighted by molar-refractivity contribution is -0.688. The number of aromatic nitrogens is 4. The van der Waals surface area contributed by atoms with E-state index >= 15 is 0 Å². The van der Waals surface area contributed by atoms with Gasteiger partial charge in [-0.3, -0.25) is 0 Å². The second-order valence-electron chi connectivity index (χ2n) is 9.14. The summed E-state index contributed by atoms with van der Waals surface area (Å²) in [7, 11) is 0. The van der Waals surface area contributed by atoms with Crippen molar-refractivity contribution >= 4 is 23.2 Å². The normalized spacial score (nSPS) is 11.2. The summed E-state index contributed by atoms with van der Waals surface area (Å²) in [5.41, 5.74) is 7.45. The molecule has 6 heteroatoms. The molecule has 182 valence electrons. The third-order valence-corrected chi connectivity index (χ3v) is 7.05. The summed E-state index contributed by atoms with van der Waals surface area (Å²) in [4.78, 5) is 0. The molecule has 5 aromatic rings. The first-order chi connectivity index (χ1) is 17.7. The molecule has 0 radical (unpaired) electrons. The fourth-order valence-corrected chi connectivity index (χ4v) is 5.02. The zero-order valence-corrected chi connectivity index (χ0v) is 21.7. The average Bonchev–Trinajstić information content (AvgIpc) is 3.55. The molecule has 3 aromatic carbocycles. The van der Waals surface area contributed by atoms with Crippen LogP contribution in [-0.4, -0.2) is 9.13 Å². The van der Waals surface area contributed by atoms with Crippen molar-refractivity contribution in [3.8, 4) is 0 Å². The molecule has 0 atom stereocenters. The van der Waals surface area contributed by atoms with E-state index in [1.165, 1.54) is 33.4 Å². The van der Waals surface area contributed by atoms with Gasteiger partial charge in [0.15, 0.2) is 0 Å². The number of benzene rings is 3. The summed E-state index contributed by atoms with van der Waals surface area (Å²) >= 11 is 12.2. The third-order valence-electron chi connectivity index (χ3n) is 6.48. The quantitative estimate of drug-likeness (QED) is 0.171. The lowest BCUT2D eigenvalue weighted by Crippen LogP contribution is -2.32. The van der Waals surface area contributed by atoms with Crippen LogP contribution in [-0.2, 0) is 37.9 Å². The Balaban J connectivity index is 1.18. The van der Waals surface area contributed by atoms with Crippen LogP contribution in [0.2, 0.25) is 0 Å². The number of rotatable bonds is 10. The predicted molar refractivity (Wildman–Crippen MR) is 144 cm³/mol. The van der Waals surface area contributed by atoms with Crippen LogP contribution in [0.15, 0.2) is 110 Å². The second kappa shape index (κ2) is 11.6. The van der Waals surface area contributed by atoms with Crippen molar-refractivity contribution in [3.05, 3.63) is 144 Å². The molecule has 0 saturated heterocycles. The van der Waals surface area contributed by atoms with Gasteiger partial charge in [0.2, 0.25) is 12.7 Å². The SMILES string of the molecule is ClCc1ccccc1Cn1cc[n+](Cc2ccc(Cn3cc[n+](Cc4ccccc4CCl)c3)cc2)c1. The van der Waals surface area contributed by atoms with E-state index in [2.05, 4.69) is 116 Å². The molecule has 0 aliphatic carbocycles. The van der Waals surface area contributed by atoms with Crippen molar-refractivity contribution in [2.45, 2.75) is 37.9 Å². The van der Waals surface area contributed by atoms with Crippen LogP contribution in [0, 0.1) is 0 Å². The van der Waals surface area contributed by atoms with Gasteiger partial charge in [-0.1, -0.05) is 72.8 Å². The smallest absolute Gasteiger partial charge is 0.233 e. The summed E-state index contributed by atoms with van der Waals surface area (Å²) < 4.78 is 8.83. The van der Waals surface area contributed by atoms with E-state index in [0.717, 1.165) is 26.2 Å². The van der Waals surface area contributed by atoms with Gasteiger partial charge in [0, 0.05) is 11.8 Å². The fraction of sp³-hybridized carbons (Fsp3) is 0.200. The first kappa shape index (κ1) is 24.4. The molecule has 0 amide bonds. The average molecular weight is 518 g/mol. The van der Waals surface area contributed by atoms with Crippen LogP contribution >= 0.6 is 23.2 Å². The van der Waals surface area contributed by atoms with E-state index in [4.69, 9.17) is 23.2 Å². The van der Waals surface area contributed by atoms with Gasteiger partial charge in [-0.25, -0.2) is 18.3 Å². The highest BCUT2D eigenvalue weighted by Crippen LogP contribution is 2.13. The number of alkyl halides is 2. The van der Waals surface area contributed by atoms with Gasteiger partial charge in [-0.2, -0.15) is 0 Å². The van der Waals surface area contributed by atoms with Crippen LogP contribution < -0.4 is 9.13 Å². The van der Waals surface area contributed by atoms with Crippen molar-refractivity contribution in [1.82, 2.24) is 9.13 Å². The Hall–Kier alpha value is -3.34. The minimum atomic E-state index is 0.536. The maximum Gasteiger partial charge on any atom is 0.244 e. The number of nitrogens with zero attached hydrogens (tertiary/aromatic N) is 4. The van der Waals surface area contributed by atoms with Gasteiger partial charge in [0.05, 0.1) is 0 Å². The molecule has 0 aliphatic heterocycles. The number of hydrogen-bond donors (Lipinski definition) is 0. The molecule has 4 nitrogen and oxygen atoms in total. The first-order valence-electron chi connectivity index (χ1n) is 12.1. The van der Waals surface area contributed by atoms with E-state index in [0.29, 0.717) is 11.8 Å². The molecule has 2 heterocycles. The Morgan fingerprint density at radius 1 is 0.528 bits per heavy atom. The summed E-state index contributed by atoms with van der Waals surface area (Å²) in [6.45, 7) is 3.33. The van der Waals surface area contributed by atoms with Gasteiger partial charge in [0.25, 0.3) is 0 Å². The van der Waals surface area contributed by atoms with Crippen LogP contribution in [0.4, 0.5) is 0 Å². The summed E-state index contributed by atoms with van der Waals surface area (Å²) in [6.07, 6.45) is 12.8. The Labute approximate surface area is 222 Å². The maximum atomic E-state index is 6.10. The fourth-order valence-electron chi connectivity index (χ4n) is 4.50. The van der Waals surface area contributed by atoms with Crippen molar-refractivity contribution in [1.29, 1.82) is 0 Å². The van der Waals surface area contributed by atoms with Gasteiger partial charge < -0.3 is 0 Å². The van der Waals surface area contributed by atoms with Crippen molar-refractivity contribution < 1.29 is 9.13 Å². The van der Waals surface area contributed by atoms with E-state index in [-0.39, 0.29) is 0 Å². The van der Waals surface area contributed by atoms with Crippen molar-refractivity contribution in [2.24, 2.45) is 0 Å². The molecule has 0 N–H and O–H groups in total. The van der Waals surface area contributed by atoms with Gasteiger partial charge >= 0.3 is 0 Å². The number of hydrogen-bond acceptors (Lipinski definition) is 0. The minimum Gasteiger partial charge on any atom is -0.233 e. The zero-order valence-electron chi connectivity index (χ0n) is 20.2. The largest absolute Gasteiger partial charge is 0.244 e. The van der Waals surface area contributed by atoms with Crippen LogP contribution in [0.5, 0.6) is 0 Å². The lowest BCUT2D eigenvalue weighted by Gasteiger charge is -2.04. The molecule has 0 bridgehead atoms. The van der Waals surface area contributed by atoms with Crippen LogP contribution in [0.3, 0.4) is 0 Å². The molecule has 36 heavy (non-hydrogen) atoms. The molecular weight excluding hydrogens is 487 g/mol. The Bertz CT molecular complexity index is 1310. The Morgan fingerprint density at radius 2 is 1.03 bits per heavy atom. The second-order valence-corrected chi connectivity index (χ2v) is 9.67. The van der Waals surface area contributed by atoms with E-state index in [1.54, 1.807) is 0 Å². The van der Waals surface area contributed by atoms with Gasteiger partial charge in [-0.05, 0) is 33.4 Å². The molecular formula is C30H30Cl2N4+2. The summed E-state index contributed by atoms with van der Waals surface area (Å²) in [5.74, 6) is 1.07. The highest BCUT2D eigenvalue weighted by molar-refractivity contribution is 6.17. The first-order valence-corrected chi connectivity index (χ1v) is 13.2. The van der Waals surface area contributed by atoms with Crippen molar-refractivity contribution in [2.75, 3.05) is 0 Å².